The van der Waals surface area contributed by atoms with Gasteiger partial charge in [-0.05, 0) is 37.6 Å². The molecule has 3 rings (SSSR count). The Morgan fingerprint density at radius 1 is 1.36 bits per heavy atom. The summed E-state index contributed by atoms with van der Waals surface area (Å²) in [5.74, 6) is 1.48. The zero-order valence-electron chi connectivity index (χ0n) is 12.7. The molecule has 0 bridgehead atoms. The summed E-state index contributed by atoms with van der Waals surface area (Å²) in [5, 5.41) is 7.25. The van der Waals surface area contributed by atoms with E-state index in [2.05, 4.69) is 10.4 Å². The monoisotopic (exact) mass is 301 g/mol. The van der Waals surface area contributed by atoms with Gasteiger partial charge >= 0.3 is 0 Å². The Hall–Kier alpha value is -2.50. The van der Waals surface area contributed by atoms with Crippen LogP contribution in [-0.4, -0.2) is 22.5 Å². The van der Waals surface area contributed by atoms with Gasteiger partial charge in [-0.3, -0.25) is 9.48 Å². The number of ether oxygens (including phenoxy) is 2. The number of nitrogens with zero attached hydrogens (tertiary/aromatic N) is 2. The Balaban J connectivity index is 1.52. The lowest BCUT2D eigenvalue weighted by Crippen LogP contribution is -2.25. The van der Waals surface area contributed by atoms with Crippen molar-refractivity contribution in [3.8, 4) is 11.5 Å². The van der Waals surface area contributed by atoms with E-state index in [0.717, 1.165) is 22.8 Å². The molecule has 1 aromatic carbocycles. The molecule has 2 aromatic rings. The molecule has 0 aliphatic carbocycles. The topological polar surface area (TPSA) is 65.4 Å². The maximum Gasteiger partial charge on any atom is 0.231 e. The summed E-state index contributed by atoms with van der Waals surface area (Å²) in [5.41, 5.74) is 1.94. The summed E-state index contributed by atoms with van der Waals surface area (Å²) >= 11 is 0. The van der Waals surface area contributed by atoms with Crippen LogP contribution < -0.4 is 14.8 Å². The van der Waals surface area contributed by atoms with Crippen LogP contribution in [0, 0.1) is 6.92 Å². The predicted molar refractivity (Wildman–Crippen MR) is 80.7 cm³/mol. The van der Waals surface area contributed by atoms with Crippen LogP contribution in [0.5, 0.6) is 11.5 Å². The van der Waals surface area contributed by atoms with E-state index in [0.29, 0.717) is 13.0 Å². The van der Waals surface area contributed by atoms with Crippen molar-refractivity contribution >= 4 is 5.91 Å². The third-order valence-corrected chi connectivity index (χ3v) is 3.60. The van der Waals surface area contributed by atoms with Gasteiger partial charge in [-0.2, -0.15) is 5.10 Å². The first-order valence-corrected chi connectivity index (χ1v) is 7.29. The minimum atomic E-state index is -0.00156. The predicted octanol–water partition coefficient (Wildman–Crippen LogP) is 2.19. The number of benzene rings is 1. The van der Waals surface area contributed by atoms with Gasteiger partial charge in [-0.1, -0.05) is 6.07 Å². The number of fused-ring (bicyclic) bond motifs is 1. The minimum absolute atomic E-state index is 0.00156. The van der Waals surface area contributed by atoms with Crippen LogP contribution in [0.15, 0.2) is 30.5 Å². The van der Waals surface area contributed by atoms with E-state index in [1.807, 2.05) is 49.0 Å². The number of rotatable bonds is 5. The van der Waals surface area contributed by atoms with Crippen molar-refractivity contribution in [2.24, 2.45) is 0 Å². The molecule has 1 atom stereocenters. The molecule has 1 N–H and O–H groups in total. The van der Waals surface area contributed by atoms with Gasteiger partial charge in [0.2, 0.25) is 12.7 Å². The van der Waals surface area contributed by atoms with Crippen molar-refractivity contribution in [3.63, 3.8) is 0 Å². The Morgan fingerprint density at radius 3 is 2.95 bits per heavy atom. The molecule has 0 saturated carbocycles. The van der Waals surface area contributed by atoms with E-state index >= 15 is 0 Å². The second kappa shape index (κ2) is 6.09. The second-order valence-electron chi connectivity index (χ2n) is 5.45. The molecule has 6 nitrogen and oxygen atoms in total. The van der Waals surface area contributed by atoms with Crippen molar-refractivity contribution in [1.29, 1.82) is 0 Å². The first-order valence-electron chi connectivity index (χ1n) is 7.29. The highest BCUT2D eigenvalue weighted by molar-refractivity contribution is 5.76. The number of hydrogen-bond acceptors (Lipinski definition) is 4. The van der Waals surface area contributed by atoms with E-state index < -0.39 is 0 Å². The number of aryl methyl sites for hydroxylation is 1. The summed E-state index contributed by atoms with van der Waals surface area (Å²) in [6, 6.07) is 7.64. The van der Waals surface area contributed by atoms with Gasteiger partial charge in [0.25, 0.3) is 0 Å². The van der Waals surface area contributed by atoms with E-state index in [1.165, 1.54) is 0 Å². The maximum atomic E-state index is 12.0. The normalized spacial score (nSPS) is 13.9. The quantitative estimate of drug-likeness (QED) is 0.919. The second-order valence-corrected chi connectivity index (χ2v) is 5.45. The number of hydrogen-bond donors (Lipinski definition) is 1. The minimum Gasteiger partial charge on any atom is -0.454 e. The van der Waals surface area contributed by atoms with Crippen LogP contribution in [0.25, 0.3) is 0 Å². The van der Waals surface area contributed by atoms with Crippen LogP contribution in [0.4, 0.5) is 0 Å². The number of amides is 1. The number of nitrogens with one attached hydrogen (secondary N) is 1. The Morgan fingerprint density at radius 2 is 2.18 bits per heavy atom. The van der Waals surface area contributed by atoms with Crippen molar-refractivity contribution in [2.45, 2.75) is 32.9 Å². The van der Waals surface area contributed by atoms with E-state index in [1.54, 1.807) is 0 Å². The van der Waals surface area contributed by atoms with Crippen molar-refractivity contribution < 1.29 is 14.3 Å². The molecule has 0 radical (unpaired) electrons. The molecular formula is C16H19N3O3. The lowest BCUT2D eigenvalue weighted by atomic mass is 10.2. The summed E-state index contributed by atoms with van der Waals surface area (Å²) in [6.45, 7) is 4.64. The Labute approximate surface area is 129 Å². The molecular weight excluding hydrogens is 282 g/mol. The zero-order chi connectivity index (χ0) is 15.5. The summed E-state index contributed by atoms with van der Waals surface area (Å²) in [7, 11) is 0. The average Bonchev–Trinajstić information content (AvgIpc) is 3.13. The molecule has 0 fully saturated rings. The Kier molecular flexibility index (Phi) is 4.00. The van der Waals surface area contributed by atoms with Crippen molar-refractivity contribution in [1.82, 2.24) is 15.1 Å². The van der Waals surface area contributed by atoms with E-state index in [-0.39, 0.29) is 18.7 Å². The SMILES string of the molecule is Cc1ccn([C@H](C)CC(=O)NCc2ccc3c(c2)OCO3)n1. The number of carbonyl (C=O) groups is 1. The maximum absolute atomic E-state index is 12.0. The highest BCUT2D eigenvalue weighted by Gasteiger charge is 2.14. The van der Waals surface area contributed by atoms with Gasteiger partial charge in [-0.25, -0.2) is 0 Å². The molecule has 1 amide bonds. The summed E-state index contributed by atoms with van der Waals surface area (Å²) in [4.78, 5) is 12.0. The molecule has 6 heteroatoms. The molecule has 116 valence electrons. The standard InChI is InChI=1S/C16H19N3O3/c1-11-5-6-19(18-11)12(2)7-16(20)17-9-13-3-4-14-15(8-13)22-10-21-14/h3-6,8,12H,7,9-10H2,1-2H3,(H,17,20)/t12-/m1/s1. The lowest BCUT2D eigenvalue weighted by molar-refractivity contribution is -0.122. The fourth-order valence-corrected chi connectivity index (χ4v) is 2.36. The van der Waals surface area contributed by atoms with Crippen LogP contribution in [0.3, 0.4) is 0 Å². The van der Waals surface area contributed by atoms with Gasteiger partial charge in [0.15, 0.2) is 11.5 Å². The average molecular weight is 301 g/mol. The summed E-state index contributed by atoms with van der Waals surface area (Å²) < 4.78 is 12.4. The van der Waals surface area contributed by atoms with E-state index in [4.69, 9.17) is 9.47 Å². The fraction of sp³-hybridized carbons (Fsp3) is 0.375. The fourth-order valence-electron chi connectivity index (χ4n) is 2.36. The lowest BCUT2D eigenvalue weighted by Gasteiger charge is -2.12. The van der Waals surface area contributed by atoms with Crippen molar-refractivity contribution in [2.75, 3.05) is 6.79 Å². The first-order chi connectivity index (χ1) is 10.6. The van der Waals surface area contributed by atoms with Gasteiger partial charge < -0.3 is 14.8 Å². The smallest absolute Gasteiger partial charge is 0.231 e. The van der Waals surface area contributed by atoms with E-state index in [9.17, 15) is 4.79 Å². The van der Waals surface area contributed by atoms with Crippen LogP contribution in [0.1, 0.15) is 30.6 Å². The van der Waals surface area contributed by atoms with Crippen molar-refractivity contribution in [3.05, 3.63) is 41.7 Å². The molecule has 22 heavy (non-hydrogen) atoms. The van der Waals surface area contributed by atoms with Gasteiger partial charge in [0.05, 0.1) is 11.7 Å². The molecule has 0 saturated heterocycles. The molecule has 1 aliphatic heterocycles. The Bertz CT molecular complexity index is 681. The highest BCUT2D eigenvalue weighted by atomic mass is 16.7. The summed E-state index contributed by atoms with van der Waals surface area (Å²) in [6.07, 6.45) is 2.29. The zero-order valence-corrected chi connectivity index (χ0v) is 12.7. The van der Waals surface area contributed by atoms with Gasteiger partial charge in [0.1, 0.15) is 0 Å². The number of aromatic nitrogens is 2. The van der Waals surface area contributed by atoms with Crippen LogP contribution >= 0.6 is 0 Å². The van der Waals surface area contributed by atoms with Crippen LogP contribution in [0.2, 0.25) is 0 Å². The molecule has 1 aromatic heterocycles. The molecule has 2 heterocycles. The third kappa shape index (κ3) is 3.21. The first kappa shape index (κ1) is 14.4. The van der Waals surface area contributed by atoms with Crippen LogP contribution in [-0.2, 0) is 11.3 Å². The molecule has 0 spiro atoms. The molecule has 1 aliphatic rings. The van der Waals surface area contributed by atoms with Gasteiger partial charge in [-0.15, -0.1) is 0 Å². The molecule has 0 unspecified atom stereocenters. The largest absolute Gasteiger partial charge is 0.454 e. The highest BCUT2D eigenvalue weighted by Crippen LogP contribution is 2.32. The third-order valence-electron chi connectivity index (χ3n) is 3.60. The number of carbonyl (C=O) groups excluding carboxylic acids is 1. The van der Waals surface area contributed by atoms with Gasteiger partial charge in [0, 0.05) is 19.2 Å².